The molecule has 8 heteroatoms. The number of hydrogen-bond donors (Lipinski definition) is 1. The average Bonchev–Trinajstić information content (AvgIpc) is 2.98. The van der Waals surface area contributed by atoms with Crippen LogP contribution >= 0.6 is 11.8 Å². The molecule has 3 aromatic carbocycles. The van der Waals surface area contributed by atoms with E-state index in [1.165, 1.54) is 38.1 Å². The maximum atomic E-state index is 14.6. The second kappa shape index (κ2) is 9.79. The highest BCUT2D eigenvalue weighted by molar-refractivity contribution is 7.99. The molecule has 3 aromatic rings. The molecule has 1 unspecified atom stereocenters. The van der Waals surface area contributed by atoms with Gasteiger partial charge in [0.1, 0.15) is 17.4 Å². The van der Waals surface area contributed by atoms with Gasteiger partial charge in [0.2, 0.25) is 5.75 Å². The maximum absolute atomic E-state index is 14.6. The van der Waals surface area contributed by atoms with Crippen molar-refractivity contribution in [1.82, 2.24) is 0 Å². The van der Waals surface area contributed by atoms with Gasteiger partial charge in [0.25, 0.3) is 0 Å². The number of phenols is 1. The van der Waals surface area contributed by atoms with Gasteiger partial charge in [-0.05, 0) is 48.4 Å². The lowest BCUT2D eigenvalue weighted by molar-refractivity contribution is 0.339. The largest absolute Gasteiger partial charge is 0.502 e. The second-order valence-electron chi connectivity index (χ2n) is 7.67. The molecular weight excluding hydrogens is 448 g/mol. The fourth-order valence-corrected chi connectivity index (χ4v) is 5.34. The van der Waals surface area contributed by atoms with E-state index >= 15 is 0 Å². The Morgan fingerprint density at radius 3 is 2.33 bits per heavy atom. The topological polar surface area (TPSA) is 51.2 Å². The normalized spacial score (nSPS) is 15.5. The highest BCUT2D eigenvalue weighted by Crippen LogP contribution is 2.47. The van der Waals surface area contributed by atoms with E-state index in [1.54, 1.807) is 19.2 Å². The zero-order chi connectivity index (χ0) is 23.5. The van der Waals surface area contributed by atoms with Crippen molar-refractivity contribution >= 4 is 17.4 Å². The second-order valence-corrected chi connectivity index (χ2v) is 8.91. The van der Waals surface area contributed by atoms with Crippen molar-refractivity contribution in [2.24, 2.45) is 0 Å². The molecule has 0 saturated carbocycles. The molecule has 4 rings (SSSR count). The Labute approximate surface area is 195 Å². The van der Waals surface area contributed by atoms with Gasteiger partial charge in [-0.1, -0.05) is 6.07 Å². The number of anilines is 1. The molecule has 1 aliphatic rings. The number of rotatable bonds is 6. The monoisotopic (exact) mass is 473 g/mol. The van der Waals surface area contributed by atoms with Gasteiger partial charge in [-0.2, -0.15) is 0 Å². The summed E-state index contributed by atoms with van der Waals surface area (Å²) in [6, 6.07) is 13.1. The fraction of sp³-hybridized carbons (Fsp3) is 0.280. The number of ether oxygens (including phenoxy) is 3. The molecule has 1 atom stereocenters. The number of aromatic hydroxyl groups is 1. The number of fused-ring (bicyclic) bond motifs is 1. The van der Waals surface area contributed by atoms with E-state index in [9.17, 15) is 13.9 Å². The van der Waals surface area contributed by atoms with E-state index in [2.05, 4.69) is 4.90 Å². The van der Waals surface area contributed by atoms with E-state index in [4.69, 9.17) is 14.2 Å². The van der Waals surface area contributed by atoms with Crippen LogP contribution in [0.5, 0.6) is 23.0 Å². The third-order valence-electron chi connectivity index (χ3n) is 5.66. The molecule has 5 nitrogen and oxygen atoms in total. The predicted molar refractivity (Wildman–Crippen MR) is 125 cm³/mol. The first kappa shape index (κ1) is 23.0. The number of thioether (sulfide) groups is 1. The van der Waals surface area contributed by atoms with E-state index in [0.717, 1.165) is 22.2 Å². The lowest BCUT2D eigenvalue weighted by atomic mass is 10.1. The summed E-state index contributed by atoms with van der Waals surface area (Å²) in [6.07, 6.45) is 0.649. The number of methoxy groups -OCH3 is 3. The number of nitrogens with zero attached hydrogens (tertiary/aromatic N) is 1. The van der Waals surface area contributed by atoms with Gasteiger partial charge >= 0.3 is 0 Å². The molecule has 1 heterocycles. The van der Waals surface area contributed by atoms with Gasteiger partial charge in [0, 0.05) is 34.9 Å². The highest BCUT2D eigenvalue weighted by Gasteiger charge is 2.26. The Morgan fingerprint density at radius 1 is 0.970 bits per heavy atom. The van der Waals surface area contributed by atoms with Gasteiger partial charge < -0.3 is 24.2 Å². The third kappa shape index (κ3) is 4.80. The molecular formula is C25H25F2NO4S. The van der Waals surface area contributed by atoms with E-state index < -0.39 is 11.6 Å². The summed E-state index contributed by atoms with van der Waals surface area (Å²) >= 11 is 1.54. The predicted octanol–water partition coefficient (Wildman–Crippen LogP) is 5.94. The summed E-state index contributed by atoms with van der Waals surface area (Å²) in [4.78, 5) is 3.13. The summed E-state index contributed by atoms with van der Waals surface area (Å²) in [6.45, 7) is 1.16. The fourth-order valence-electron chi connectivity index (χ4n) is 3.99. The van der Waals surface area contributed by atoms with Crippen LogP contribution in [0, 0.1) is 11.6 Å². The molecule has 0 amide bonds. The maximum Gasteiger partial charge on any atom is 0.200 e. The van der Waals surface area contributed by atoms with Crippen LogP contribution in [0.15, 0.2) is 53.4 Å². The molecule has 0 aliphatic carbocycles. The van der Waals surface area contributed by atoms with Gasteiger partial charge in [0.15, 0.2) is 11.5 Å². The summed E-state index contributed by atoms with van der Waals surface area (Å²) in [5.41, 5.74) is 2.35. The Kier molecular flexibility index (Phi) is 6.83. The Morgan fingerprint density at radius 2 is 1.70 bits per heavy atom. The van der Waals surface area contributed by atoms with Crippen LogP contribution in [0.2, 0.25) is 0 Å². The molecule has 0 spiro atoms. The number of hydrogen-bond acceptors (Lipinski definition) is 6. The van der Waals surface area contributed by atoms with Crippen LogP contribution in [-0.2, 0) is 6.54 Å². The van der Waals surface area contributed by atoms with Crippen molar-refractivity contribution in [3.05, 3.63) is 71.3 Å². The number of halogens is 2. The standard InChI is InChI=1S/C25H25F2NO4S/c1-30-17-5-7-20-24(13-17)33-23(18-6-4-16(26)12-19(18)27)8-9-28(20)14-15-10-21(31-2)25(29)22(11-15)32-3/h4-7,10-13,23,29H,8-9,14H2,1-3H3. The van der Waals surface area contributed by atoms with Gasteiger partial charge in [-0.15, -0.1) is 11.8 Å². The minimum Gasteiger partial charge on any atom is -0.502 e. The highest BCUT2D eigenvalue weighted by atomic mass is 32.2. The van der Waals surface area contributed by atoms with Gasteiger partial charge in [-0.3, -0.25) is 0 Å². The summed E-state index contributed by atoms with van der Waals surface area (Å²) in [5.74, 6) is 0.179. The van der Waals surface area contributed by atoms with Crippen molar-refractivity contribution < 1.29 is 28.1 Å². The van der Waals surface area contributed by atoms with Crippen LogP contribution in [0.3, 0.4) is 0 Å². The molecule has 0 fully saturated rings. The van der Waals surface area contributed by atoms with Crippen LogP contribution in [0.25, 0.3) is 0 Å². The molecule has 0 bridgehead atoms. The first-order chi connectivity index (χ1) is 15.9. The third-order valence-corrected chi connectivity index (χ3v) is 7.02. The molecule has 0 saturated heterocycles. The molecule has 1 aliphatic heterocycles. The number of phenolic OH excluding ortho intramolecular Hbond substituents is 1. The lowest BCUT2D eigenvalue weighted by Crippen LogP contribution is -2.24. The Bertz CT molecular complexity index is 1130. The Hall–Kier alpha value is -3.13. The van der Waals surface area contributed by atoms with E-state index in [-0.39, 0.29) is 11.0 Å². The SMILES string of the molecule is COc1ccc2c(c1)SC(c1ccc(F)cc1F)CCN2Cc1cc(OC)c(O)c(OC)c1. The minimum atomic E-state index is -0.589. The lowest BCUT2D eigenvalue weighted by Gasteiger charge is -2.25. The van der Waals surface area contributed by atoms with Crippen molar-refractivity contribution in [3.63, 3.8) is 0 Å². The zero-order valence-electron chi connectivity index (χ0n) is 18.6. The first-order valence-corrected chi connectivity index (χ1v) is 11.3. The van der Waals surface area contributed by atoms with Gasteiger partial charge in [-0.25, -0.2) is 8.78 Å². The van der Waals surface area contributed by atoms with E-state index in [0.29, 0.717) is 42.3 Å². The average molecular weight is 474 g/mol. The summed E-state index contributed by atoms with van der Waals surface area (Å²) < 4.78 is 44.1. The van der Waals surface area contributed by atoms with Crippen molar-refractivity contribution in [2.45, 2.75) is 23.1 Å². The zero-order valence-corrected chi connectivity index (χ0v) is 19.4. The van der Waals surface area contributed by atoms with Crippen molar-refractivity contribution in [2.75, 3.05) is 32.8 Å². The van der Waals surface area contributed by atoms with Crippen LogP contribution < -0.4 is 19.1 Å². The molecule has 0 aromatic heterocycles. The Balaban J connectivity index is 1.71. The van der Waals surface area contributed by atoms with Crippen LogP contribution in [0.1, 0.15) is 22.8 Å². The minimum absolute atomic E-state index is 0.0489. The summed E-state index contributed by atoms with van der Waals surface area (Å²) in [5, 5.41) is 10.1. The molecule has 0 radical (unpaired) electrons. The molecule has 174 valence electrons. The van der Waals surface area contributed by atoms with Crippen LogP contribution in [-0.4, -0.2) is 33.0 Å². The van der Waals surface area contributed by atoms with Crippen molar-refractivity contribution in [3.8, 4) is 23.0 Å². The number of benzene rings is 3. The van der Waals surface area contributed by atoms with Crippen molar-refractivity contribution in [1.29, 1.82) is 0 Å². The van der Waals surface area contributed by atoms with Gasteiger partial charge in [0.05, 0.1) is 27.0 Å². The summed E-state index contributed by atoms with van der Waals surface area (Å²) in [7, 11) is 4.58. The molecule has 1 N–H and O–H groups in total. The molecule has 33 heavy (non-hydrogen) atoms. The van der Waals surface area contributed by atoms with Crippen LogP contribution in [0.4, 0.5) is 14.5 Å². The first-order valence-electron chi connectivity index (χ1n) is 10.4. The smallest absolute Gasteiger partial charge is 0.200 e. The quantitative estimate of drug-likeness (QED) is 0.478. The van der Waals surface area contributed by atoms with E-state index in [1.807, 2.05) is 18.2 Å².